The minimum Gasteiger partial charge on any atom is -0.381 e. The second-order valence-corrected chi connectivity index (χ2v) is 3.81. The smallest absolute Gasteiger partial charge is 0.139 e. The monoisotopic (exact) mass is 244 g/mol. The van der Waals surface area contributed by atoms with Gasteiger partial charge < -0.3 is 4.74 Å². The molecule has 0 radical (unpaired) electrons. The van der Waals surface area contributed by atoms with Crippen molar-refractivity contribution in [2.75, 3.05) is 13.2 Å². The normalized spacial score (nSPS) is 10.4. The minimum atomic E-state index is -0.378. The molecule has 0 bridgehead atoms. The van der Waals surface area contributed by atoms with Crippen LogP contribution in [0.25, 0.3) is 0 Å². The molecule has 0 aliphatic rings. The maximum absolute atomic E-state index is 12.9. The van der Waals surface area contributed by atoms with E-state index in [2.05, 4.69) is 0 Å². The Morgan fingerprint density at radius 1 is 1.50 bits per heavy atom. The lowest BCUT2D eigenvalue weighted by Crippen LogP contribution is -2.07. The van der Waals surface area contributed by atoms with Gasteiger partial charge in [-0.25, -0.2) is 4.39 Å². The highest BCUT2D eigenvalue weighted by molar-refractivity contribution is 6.31. The van der Waals surface area contributed by atoms with Gasteiger partial charge in [0.05, 0.1) is 6.61 Å². The zero-order chi connectivity index (χ0) is 12.0. The maximum atomic E-state index is 12.9. The van der Waals surface area contributed by atoms with Crippen LogP contribution in [0.3, 0.4) is 0 Å². The standard InChI is InChI=1S/C12H14ClFO2/c1-2-16-6-5-11(15)8-9-7-10(14)3-4-12(9)13/h3-4,7H,2,5-6,8H2,1H3. The molecule has 0 fully saturated rings. The first-order chi connectivity index (χ1) is 7.63. The van der Waals surface area contributed by atoms with Gasteiger partial charge >= 0.3 is 0 Å². The van der Waals surface area contributed by atoms with E-state index in [1.807, 2.05) is 6.92 Å². The molecule has 1 rings (SSSR count). The second-order valence-electron chi connectivity index (χ2n) is 3.40. The number of ether oxygens (including phenoxy) is 1. The van der Waals surface area contributed by atoms with E-state index in [-0.39, 0.29) is 18.0 Å². The van der Waals surface area contributed by atoms with Gasteiger partial charge in [-0.3, -0.25) is 4.79 Å². The van der Waals surface area contributed by atoms with Gasteiger partial charge in [0.1, 0.15) is 11.6 Å². The summed E-state index contributed by atoms with van der Waals surface area (Å²) in [6.45, 7) is 2.87. The van der Waals surface area contributed by atoms with E-state index in [1.165, 1.54) is 18.2 Å². The van der Waals surface area contributed by atoms with E-state index in [1.54, 1.807) is 0 Å². The van der Waals surface area contributed by atoms with Crippen molar-refractivity contribution in [3.8, 4) is 0 Å². The number of hydrogen-bond acceptors (Lipinski definition) is 2. The summed E-state index contributed by atoms with van der Waals surface area (Å²) in [6.07, 6.45) is 0.490. The zero-order valence-corrected chi connectivity index (χ0v) is 9.89. The van der Waals surface area contributed by atoms with E-state index >= 15 is 0 Å². The molecule has 0 atom stereocenters. The molecule has 0 N–H and O–H groups in total. The number of carbonyl (C=O) groups excluding carboxylic acids is 1. The third-order valence-electron chi connectivity index (χ3n) is 2.12. The Labute approximate surface area is 99.4 Å². The van der Waals surface area contributed by atoms with Gasteiger partial charge in [0, 0.05) is 24.5 Å². The summed E-state index contributed by atoms with van der Waals surface area (Å²) in [7, 11) is 0. The fraction of sp³-hybridized carbons (Fsp3) is 0.417. The molecule has 0 aliphatic heterocycles. The van der Waals surface area contributed by atoms with Crippen LogP contribution in [0.4, 0.5) is 4.39 Å². The first kappa shape index (κ1) is 13.1. The van der Waals surface area contributed by atoms with Crippen molar-refractivity contribution in [1.29, 1.82) is 0 Å². The van der Waals surface area contributed by atoms with Gasteiger partial charge in [0.15, 0.2) is 0 Å². The van der Waals surface area contributed by atoms with Crippen LogP contribution in [0, 0.1) is 5.82 Å². The van der Waals surface area contributed by atoms with Crippen LogP contribution in [0.1, 0.15) is 18.9 Å². The Morgan fingerprint density at radius 2 is 2.25 bits per heavy atom. The zero-order valence-electron chi connectivity index (χ0n) is 9.13. The van der Waals surface area contributed by atoms with Gasteiger partial charge in [-0.05, 0) is 30.7 Å². The summed E-state index contributed by atoms with van der Waals surface area (Å²) in [4.78, 5) is 11.5. The maximum Gasteiger partial charge on any atom is 0.139 e. The number of rotatable bonds is 6. The number of halogens is 2. The molecular weight excluding hydrogens is 231 g/mol. The molecule has 2 nitrogen and oxygen atoms in total. The number of Topliss-reactive ketones (excluding diaryl/α,β-unsaturated/α-hetero) is 1. The first-order valence-corrected chi connectivity index (χ1v) is 5.54. The Morgan fingerprint density at radius 3 is 2.94 bits per heavy atom. The summed E-state index contributed by atoms with van der Waals surface area (Å²) in [5.41, 5.74) is 0.531. The van der Waals surface area contributed by atoms with Crippen molar-refractivity contribution in [2.24, 2.45) is 0 Å². The van der Waals surface area contributed by atoms with E-state index in [0.717, 1.165) is 0 Å². The van der Waals surface area contributed by atoms with Gasteiger partial charge in [-0.2, -0.15) is 0 Å². The fourth-order valence-corrected chi connectivity index (χ4v) is 1.49. The Kier molecular flexibility index (Phi) is 5.43. The van der Waals surface area contributed by atoms with E-state index in [4.69, 9.17) is 16.3 Å². The summed E-state index contributed by atoms with van der Waals surface area (Å²) in [5.74, 6) is -0.377. The Bertz CT molecular complexity index is 366. The molecule has 0 spiro atoms. The molecule has 0 saturated carbocycles. The van der Waals surface area contributed by atoms with Crippen LogP contribution in [-0.4, -0.2) is 19.0 Å². The van der Waals surface area contributed by atoms with Crippen LogP contribution in [0.15, 0.2) is 18.2 Å². The predicted molar refractivity (Wildman–Crippen MR) is 61.2 cm³/mol. The molecule has 0 amide bonds. The number of ketones is 1. The molecule has 0 aromatic heterocycles. The lowest BCUT2D eigenvalue weighted by Gasteiger charge is -2.04. The second kappa shape index (κ2) is 6.61. The van der Waals surface area contributed by atoms with Crippen LogP contribution in [-0.2, 0) is 16.0 Å². The molecule has 16 heavy (non-hydrogen) atoms. The van der Waals surface area contributed by atoms with Crippen LogP contribution >= 0.6 is 11.6 Å². The molecule has 0 heterocycles. The quantitative estimate of drug-likeness (QED) is 0.719. The van der Waals surface area contributed by atoms with Crippen molar-refractivity contribution in [1.82, 2.24) is 0 Å². The van der Waals surface area contributed by atoms with E-state index < -0.39 is 0 Å². The molecular formula is C12H14ClFO2. The number of hydrogen-bond donors (Lipinski definition) is 0. The van der Waals surface area contributed by atoms with E-state index in [0.29, 0.717) is 30.2 Å². The highest BCUT2D eigenvalue weighted by Gasteiger charge is 2.08. The summed E-state index contributed by atoms with van der Waals surface area (Å²) in [5, 5.41) is 0.422. The molecule has 88 valence electrons. The molecule has 0 saturated heterocycles. The average molecular weight is 245 g/mol. The molecule has 1 aromatic rings. The first-order valence-electron chi connectivity index (χ1n) is 5.17. The van der Waals surface area contributed by atoms with Crippen molar-refractivity contribution in [3.05, 3.63) is 34.6 Å². The SMILES string of the molecule is CCOCCC(=O)Cc1cc(F)ccc1Cl. The number of benzene rings is 1. The third kappa shape index (κ3) is 4.29. The summed E-state index contributed by atoms with van der Waals surface area (Å²) >= 11 is 5.85. The van der Waals surface area contributed by atoms with Crippen LogP contribution in [0.2, 0.25) is 5.02 Å². The van der Waals surface area contributed by atoms with Crippen molar-refractivity contribution in [3.63, 3.8) is 0 Å². The highest BCUT2D eigenvalue weighted by Crippen LogP contribution is 2.18. The highest BCUT2D eigenvalue weighted by atomic mass is 35.5. The summed E-state index contributed by atoms with van der Waals surface area (Å²) < 4.78 is 18.0. The largest absolute Gasteiger partial charge is 0.381 e. The van der Waals surface area contributed by atoms with Gasteiger partial charge in [-0.15, -0.1) is 0 Å². The Balaban J connectivity index is 2.52. The fourth-order valence-electron chi connectivity index (χ4n) is 1.31. The van der Waals surface area contributed by atoms with Crippen LogP contribution in [0.5, 0.6) is 0 Å². The lowest BCUT2D eigenvalue weighted by molar-refractivity contribution is -0.119. The topological polar surface area (TPSA) is 26.3 Å². The van der Waals surface area contributed by atoms with Gasteiger partial charge in [0.25, 0.3) is 0 Å². The van der Waals surface area contributed by atoms with Crippen molar-refractivity contribution in [2.45, 2.75) is 19.8 Å². The molecule has 4 heteroatoms. The molecule has 0 aliphatic carbocycles. The van der Waals surface area contributed by atoms with Crippen molar-refractivity contribution < 1.29 is 13.9 Å². The average Bonchev–Trinajstić information content (AvgIpc) is 2.24. The third-order valence-corrected chi connectivity index (χ3v) is 2.49. The van der Waals surface area contributed by atoms with Crippen molar-refractivity contribution >= 4 is 17.4 Å². The summed E-state index contributed by atoms with van der Waals surface area (Å²) in [6, 6.07) is 4.03. The molecule has 1 aromatic carbocycles. The minimum absolute atomic E-state index is 0.000880. The number of carbonyl (C=O) groups is 1. The van der Waals surface area contributed by atoms with Gasteiger partial charge in [0.2, 0.25) is 0 Å². The van der Waals surface area contributed by atoms with Gasteiger partial charge in [-0.1, -0.05) is 11.6 Å². The molecule has 0 unspecified atom stereocenters. The Hall–Kier alpha value is -0.930. The predicted octanol–water partition coefficient (Wildman–Crippen LogP) is 3.02. The lowest BCUT2D eigenvalue weighted by atomic mass is 10.1. The van der Waals surface area contributed by atoms with E-state index in [9.17, 15) is 9.18 Å². The van der Waals surface area contributed by atoms with Crippen LogP contribution < -0.4 is 0 Å².